The van der Waals surface area contributed by atoms with Gasteiger partial charge in [0.05, 0.1) is 12.7 Å². The molecule has 1 aromatic carbocycles. The summed E-state index contributed by atoms with van der Waals surface area (Å²) < 4.78 is 5.43. The molecule has 112 valence electrons. The van der Waals surface area contributed by atoms with Crippen molar-refractivity contribution in [2.45, 2.75) is 58.2 Å². The standard InChI is InChI=1S/C17H27NO2/c1-4-20-16-10-8-15(9-11-16)17(19)12-18-13(2)6-5-7-14(18)3/h8-11,13-14,17,19H,4-7,12H2,1-3H3. The molecule has 3 heteroatoms. The first-order chi connectivity index (χ1) is 9.61. The summed E-state index contributed by atoms with van der Waals surface area (Å²) in [7, 11) is 0. The minimum absolute atomic E-state index is 0.423. The lowest BCUT2D eigenvalue weighted by molar-refractivity contribution is 0.0411. The van der Waals surface area contributed by atoms with Crippen LogP contribution in [-0.2, 0) is 0 Å². The SMILES string of the molecule is CCOc1ccc(C(O)CN2C(C)CCCC2C)cc1. The van der Waals surface area contributed by atoms with Gasteiger partial charge in [-0.25, -0.2) is 0 Å². The second-order valence-corrected chi connectivity index (χ2v) is 5.84. The molecule has 3 nitrogen and oxygen atoms in total. The molecule has 0 saturated carbocycles. The van der Waals surface area contributed by atoms with Crippen LogP contribution in [0.25, 0.3) is 0 Å². The average molecular weight is 277 g/mol. The van der Waals surface area contributed by atoms with Crippen LogP contribution in [0, 0.1) is 0 Å². The molecule has 20 heavy (non-hydrogen) atoms. The first-order valence-electron chi connectivity index (χ1n) is 7.78. The van der Waals surface area contributed by atoms with Crippen LogP contribution >= 0.6 is 0 Å². The lowest BCUT2D eigenvalue weighted by Gasteiger charge is -2.40. The van der Waals surface area contributed by atoms with Crippen molar-refractivity contribution >= 4 is 0 Å². The predicted molar refractivity (Wildman–Crippen MR) is 82.1 cm³/mol. The number of benzene rings is 1. The van der Waals surface area contributed by atoms with Crippen molar-refractivity contribution in [3.05, 3.63) is 29.8 Å². The number of ether oxygens (including phenoxy) is 1. The van der Waals surface area contributed by atoms with Gasteiger partial charge in [0, 0.05) is 18.6 Å². The molecular weight excluding hydrogens is 250 g/mol. The first-order valence-corrected chi connectivity index (χ1v) is 7.78. The maximum Gasteiger partial charge on any atom is 0.119 e. The molecular formula is C17H27NO2. The molecule has 1 N–H and O–H groups in total. The van der Waals surface area contributed by atoms with Crippen LogP contribution in [0.1, 0.15) is 51.7 Å². The summed E-state index contributed by atoms with van der Waals surface area (Å²) in [5.41, 5.74) is 0.971. The van der Waals surface area contributed by atoms with Gasteiger partial charge in [0.25, 0.3) is 0 Å². The number of piperidine rings is 1. The van der Waals surface area contributed by atoms with Crippen LogP contribution in [0.5, 0.6) is 5.75 Å². The summed E-state index contributed by atoms with van der Waals surface area (Å²) in [6.45, 7) is 7.89. The van der Waals surface area contributed by atoms with Gasteiger partial charge in [-0.1, -0.05) is 18.6 Å². The Hall–Kier alpha value is -1.06. The fourth-order valence-electron chi connectivity index (χ4n) is 3.09. The maximum absolute atomic E-state index is 10.4. The number of likely N-dealkylation sites (tertiary alicyclic amines) is 1. The largest absolute Gasteiger partial charge is 0.494 e. The second kappa shape index (κ2) is 7.09. The van der Waals surface area contributed by atoms with E-state index in [1.807, 2.05) is 31.2 Å². The van der Waals surface area contributed by atoms with Crippen LogP contribution in [0.15, 0.2) is 24.3 Å². The predicted octanol–water partition coefficient (Wildman–Crippen LogP) is 3.38. The van der Waals surface area contributed by atoms with Gasteiger partial charge in [-0.15, -0.1) is 0 Å². The quantitative estimate of drug-likeness (QED) is 0.895. The third-order valence-electron chi connectivity index (χ3n) is 4.34. The minimum Gasteiger partial charge on any atom is -0.494 e. The van der Waals surface area contributed by atoms with Crippen molar-refractivity contribution in [1.82, 2.24) is 4.90 Å². The van der Waals surface area contributed by atoms with Crippen LogP contribution in [0.2, 0.25) is 0 Å². The highest BCUT2D eigenvalue weighted by atomic mass is 16.5. The number of aliphatic hydroxyl groups excluding tert-OH is 1. The van der Waals surface area contributed by atoms with E-state index in [2.05, 4.69) is 18.7 Å². The fourth-order valence-corrected chi connectivity index (χ4v) is 3.09. The molecule has 1 aliphatic heterocycles. The van der Waals surface area contributed by atoms with Gasteiger partial charge in [0.1, 0.15) is 5.75 Å². The Kier molecular flexibility index (Phi) is 5.44. The molecule has 0 bridgehead atoms. The second-order valence-electron chi connectivity index (χ2n) is 5.84. The Labute approximate surface area is 122 Å². The molecule has 2 rings (SSSR count). The Morgan fingerprint density at radius 3 is 2.35 bits per heavy atom. The lowest BCUT2D eigenvalue weighted by atomic mass is 9.96. The summed E-state index contributed by atoms with van der Waals surface area (Å²) in [4.78, 5) is 2.44. The normalized spacial score (nSPS) is 25.4. The molecule has 1 saturated heterocycles. The van der Waals surface area contributed by atoms with Gasteiger partial charge in [-0.05, 0) is 51.3 Å². The van der Waals surface area contributed by atoms with E-state index in [0.717, 1.165) is 17.9 Å². The Morgan fingerprint density at radius 1 is 1.20 bits per heavy atom. The van der Waals surface area contributed by atoms with E-state index in [1.54, 1.807) is 0 Å². The Morgan fingerprint density at radius 2 is 1.80 bits per heavy atom. The molecule has 0 radical (unpaired) electrons. The molecule has 0 spiro atoms. The third-order valence-corrected chi connectivity index (χ3v) is 4.34. The van der Waals surface area contributed by atoms with Crippen LogP contribution < -0.4 is 4.74 Å². The van der Waals surface area contributed by atoms with Gasteiger partial charge >= 0.3 is 0 Å². The minimum atomic E-state index is -0.423. The topological polar surface area (TPSA) is 32.7 Å². The summed E-state index contributed by atoms with van der Waals surface area (Å²) >= 11 is 0. The van der Waals surface area contributed by atoms with Crippen LogP contribution in [0.3, 0.4) is 0 Å². The molecule has 0 aliphatic carbocycles. The molecule has 0 amide bonds. The third kappa shape index (κ3) is 3.74. The zero-order valence-electron chi connectivity index (χ0n) is 12.9. The van der Waals surface area contributed by atoms with Gasteiger partial charge in [0.2, 0.25) is 0 Å². The lowest BCUT2D eigenvalue weighted by Crippen LogP contribution is -2.45. The van der Waals surface area contributed by atoms with E-state index in [-0.39, 0.29) is 0 Å². The van der Waals surface area contributed by atoms with E-state index in [4.69, 9.17) is 4.74 Å². The smallest absolute Gasteiger partial charge is 0.119 e. The van der Waals surface area contributed by atoms with Crippen LogP contribution in [-0.4, -0.2) is 35.2 Å². The van der Waals surface area contributed by atoms with Crippen molar-refractivity contribution in [3.63, 3.8) is 0 Å². The molecule has 1 heterocycles. The molecule has 3 unspecified atom stereocenters. The van der Waals surface area contributed by atoms with Crippen molar-refractivity contribution in [3.8, 4) is 5.75 Å². The highest BCUT2D eigenvalue weighted by Crippen LogP contribution is 2.26. The average Bonchev–Trinajstić information content (AvgIpc) is 2.44. The summed E-state index contributed by atoms with van der Waals surface area (Å²) in [6.07, 6.45) is 3.35. The van der Waals surface area contributed by atoms with Crippen molar-refractivity contribution in [1.29, 1.82) is 0 Å². The monoisotopic (exact) mass is 277 g/mol. The number of hydrogen-bond acceptors (Lipinski definition) is 3. The zero-order valence-corrected chi connectivity index (χ0v) is 12.9. The van der Waals surface area contributed by atoms with Gasteiger partial charge in [-0.2, -0.15) is 0 Å². The van der Waals surface area contributed by atoms with E-state index in [9.17, 15) is 5.11 Å². The summed E-state index contributed by atoms with van der Waals surface area (Å²) in [5.74, 6) is 0.864. The van der Waals surface area contributed by atoms with E-state index >= 15 is 0 Å². The molecule has 0 aromatic heterocycles. The Balaban J connectivity index is 1.98. The number of β-amino-alcohol motifs (C(OH)–C–C–N with tert-alkyl or cyclic N) is 1. The van der Waals surface area contributed by atoms with Gasteiger partial charge < -0.3 is 9.84 Å². The van der Waals surface area contributed by atoms with E-state index < -0.39 is 6.10 Å². The van der Waals surface area contributed by atoms with Gasteiger partial charge in [0.15, 0.2) is 0 Å². The molecule has 1 aliphatic rings. The molecule has 1 fully saturated rings. The highest BCUT2D eigenvalue weighted by molar-refractivity contribution is 5.28. The van der Waals surface area contributed by atoms with Crippen molar-refractivity contribution < 1.29 is 9.84 Å². The number of aliphatic hydroxyl groups is 1. The fraction of sp³-hybridized carbons (Fsp3) is 0.647. The van der Waals surface area contributed by atoms with Crippen molar-refractivity contribution in [2.24, 2.45) is 0 Å². The molecule has 1 aromatic rings. The van der Waals surface area contributed by atoms with E-state index in [1.165, 1.54) is 19.3 Å². The zero-order chi connectivity index (χ0) is 14.5. The number of rotatable bonds is 5. The molecule has 3 atom stereocenters. The van der Waals surface area contributed by atoms with Gasteiger partial charge in [-0.3, -0.25) is 4.90 Å². The van der Waals surface area contributed by atoms with E-state index in [0.29, 0.717) is 18.7 Å². The van der Waals surface area contributed by atoms with Crippen molar-refractivity contribution in [2.75, 3.05) is 13.2 Å². The maximum atomic E-state index is 10.4. The highest BCUT2D eigenvalue weighted by Gasteiger charge is 2.26. The first kappa shape index (κ1) is 15.3. The Bertz CT molecular complexity index is 394. The van der Waals surface area contributed by atoms with Crippen LogP contribution in [0.4, 0.5) is 0 Å². The number of nitrogens with zero attached hydrogens (tertiary/aromatic N) is 1. The summed E-state index contributed by atoms with van der Waals surface area (Å²) in [5, 5.41) is 10.4. The number of hydrogen-bond donors (Lipinski definition) is 1. The summed E-state index contributed by atoms with van der Waals surface area (Å²) in [6, 6.07) is 8.94.